The van der Waals surface area contributed by atoms with Gasteiger partial charge in [-0.25, -0.2) is 9.59 Å². The predicted octanol–water partition coefficient (Wildman–Crippen LogP) is 0.880. The van der Waals surface area contributed by atoms with E-state index in [9.17, 15) is 9.59 Å². The molecule has 2 N–H and O–H groups in total. The number of carbonyl (C=O) groups is 2. The highest BCUT2D eigenvalue weighted by molar-refractivity contribution is 6.02. The molecule has 15 heavy (non-hydrogen) atoms. The van der Waals surface area contributed by atoms with Gasteiger partial charge in [-0.2, -0.15) is 0 Å². The number of rotatable bonds is 3. The average molecular weight is 210 g/mol. The van der Waals surface area contributed by atoms with Gasteiger partial charge in [0.25, 0.3) is 0 Å². The van der Waals surface area contributed by atoms with Crippen LogP contribution in [0.4, 0.5) is 0 Å². The molecular weight excluding hydrogens is 200 g/mol. The first kappa shape index (κ1) is 11.2. The summed E-state index contributed by atoms with van der Waals surface area (Å²) in [7, 11) is 0. The first-order valence-corrected chi connectivity index (χ1v) is 4.23. The molecular formula is C10H10O5. The van der Waals surface area contributed by atoms with Gasteiger partial charge < -0.3 is 14.9 Å². The van der Waals surface area contributed by atoms with E-state index >= 15 is 0 Å². The van der Waals surface area contributed by atoms with Crippen LogP contribution in [-0.2, 0) is 4.74 Å². The molecule has 0 fully saturated rings. The van der Waals surface area contributed by atoms with E-state index in [1.165, 1.54) is 31.2 Å². The number of carboxylic acids is 1. The van der Waals surface area contributed by atoms with Crippen LogP contribution >= 0.6 is 0 Å². The van der Waals surface area contributed by atoms with Crippen LogP contribution in [0, 0.1) is 0 Å². The zero-order valence-electron chi connectivity index (χ0n) is 8.01. The highest BCUT2D eigenvalue weighted by atomic mass is 16.6. The van der Waals surface area contributed by atoms with Crippen molar-refractivity contribution in [2.24, 2.45) is 0 Å². The molecule has 1 aromatic carbocycles. The van der Waals surface area contributed by atoms with Gasteiger partial charge in [-0.3, -0.25) is 0 Å². The number of aromatic carboxylic acids is 1. The molecule has 0 heterocycles. The highest BCUT2D eigenvalue weighted by Gasteiger charge is 2.17. The van der Waals surface area contributed by atoms with Crippen molar-refractivity contribution >= 4 is 11.9 Å². The summed E-state index contributed by atoms with van der Waals surface area (Å²) < 4.78 is 4.48. The van der Waals surface area contributed by atoms with Crippen molar-refractivity contribution in [2.45, 2.75) is 13.2 Å². The van der Waals surface area contributed by atoms with Crippen LogP contribution in [0.25, 0.3) is 0 Å². The van der Waals surface area contributed by atoms with E-state index in [0.29, 0.717) is 0 Å². The lowest BCUT2D eigenvalue weighted by atomic mass is 10.1. The molecule has 0 aliphatic carbocycles. The Labute approximate surface area is 85.9 Å². The topological polar surface area (TPSA) is 83.8 Å². The molecule has 5 heteroatoms. The Hall–Kier alpha value is -1.88. The summed E-state index contributed by atoms with van der Waals surface area (Å²) in [5.74, 6) is -2.07. The van der Waals surface area contributed by atoms with Crippen molar-refractivity contribution in [1.29, 1.82) is 0 Å². The summed E-state index contributed by atoms with van der Waals surface area (Å²) in [5, 5.41) is 17.6. The third kappa shape index (κ3) is 2.78. The Balaban J connectivity index is 3.03. The van der Waals surface area contributed by atoms with E-state index in [1.54, 1.807) is 0 Å². The van der Waals surface area contributed by atoms with Crippen molar-refractivity contribution in [2.75, 3.05) is 0 Å². The number of benzene rings is 1. The molecule has 0 amide bonds. The zero-order chi connectivity index (χ0) is 11.4. The lowest BCUT2D eigenvalue weighted by Gasteiger charge is -2.08. The van der Waals surface area contributed by atoms with Gasteiger partial charge in [0.2, 0.25) is 0 Å². The normalized spacial score (nSPS) is 11.9. The summed E-state index contributed by atoms with van der Waals surface area (Å²) in [6, 6.07) is 5.64. The van der Waals surface area contributed by atoms with Crippen LogP contribution < -0.4 is 0 Å². The maximum Gasteiger partial charge on any atom is 0.341 e. The summed E-state index contributed by atoms with van der Waals surface area (Å²) in [6.45, 7) is 1.27. The number of carboxylic acid groups (broad SMARTS) is 1. The molecule has 1 unspecified atom stereocenters. The van der Waals surface area contributed by atoms with Gasteiger partial charge in [0.15, 0.2) is 6.29 Å². The van der Waals surface area contributed by atoms with E-state index in [4.69, 9.17) is 10.2 Å². The van der Waals surface area contributed by atoms with Crippen LogP contribution in [-0.4, -0.2) is 28.4 Å². The Bertz CT molecular complexity index is 383. The van der Waals surface area contributed by atoms with E-state index in [-0.39, 0.29) is 11.1 Å². The summed E-state index contributed by atoms with van der Waals surface area (Å²) >= 11 is 0. The second-order valence-electron chi connectivity index (χ2n) is 2.86. The number of carbonyl (C=O) groups excluding carboxylic acids is 1. The smallest absolute Gasteiger partial charge is 0.341 e. The van der Waals surface area contributed by atoms with Gasteiger partial charge >= 0.3 is 11.9 Å². The van der Waals surface area contributed by atoms with Gasteiger partial charge in [0.1, 0.15) is 0 Å². The second kappa shape index (κ2) is 4.56. The van der Waals surface area contributed by atoms with Gasteiger partial charge in [-0.1, -0.05) is 12.1 Å². The summed E-state index contributed by atoms with van der Waals surface area (Å²) in [4.78, 5) is 22.1. The first-order valence-electron chi connectivity index (χ1n) is 4.23. The van der Waals surface area contributed by atoms with Crippen LogP contribution in [0.15, 0.2) is 24.3 Å². The zero-order valence-corrected chi connectivity index (χ0v) is 8.01. The molecule has 80 valence electrons. The lowest BCUT2D eigenvalue weighted by Crippen LogP contribution is -2.17. The molecule has 0 aliphatic heterocycles. The third-order valence-electron chi connectivity index (χ3n) is 1.65. The van der Waals surface area contributed by atoms with E-state index in [1.807, 2.05) is 0 Å². The summed E-state index contributed by atoms with van der Waals surface area (Å²) in [6.07, 6.45) is -1.26. The fourth-order valence-corrected chi connectivity index (χ4v) is 1.07. The Morgan fingerprint density at radius 2 is 1.80 bits per heavy atom. The molecule has 0 saturated carbocycles. The van der Waals surface area contributed by atoms with Crippen LogP contribution in [0.5, 0.6) is 0 Å². The Kier molecular flexibility index (Phi) is 3.41. The average Bonchev–Trinajstić information content (AvgIpc) is 2.16. The number of hydrogen-bond donors (Lipinski definition) is 2. The number of hydrogen-bond acceptors (Lipinski definition) is 4. The quantitative estimate of drug-likeness (QED) is 0.571. The molecule has 0 aliphatic rings. The molecule has 0 aromatic heterocycles. The number of aliphatic hydroxyl groups excluding tert-OH is 1. The van der Waals surface area contributed by atoms with Crippen LogP contribution in [0.2, 0.25) is 0 Å². The number of aliphatic hydroxyl groups is 1. The third-order valence-corrected chi connectivity index (χ3v) is 1.65. The SMILES string of the molecule is CC(O)OC(=O)c1ccccc1C(=O)O. The maximum atomic E-state index is 11.3. The Morgan fingerprint density at radius 1 is 1.27 bits per heavy atom. The number of ether oxygens (including phenoxy) is 1. The van der Waals surface area contributed by atoms with Crippen molar-refractivity contribution < 1.29 is 24.5 Å². The maximum absolute atomic E-state index is 11.3. The predicted molar refractivity (Wildman–Crippen MR) is 50.5 cm³/mol. The van der Waals surface area contributed by atoms with E-state index in [2.05, 4.69) is 4.74 Å². The molecule has 1 aromatic rings. The van der Waals surface area contributed by atoms with Gasteiger partial charge in [-0.05, 0) is 19.1 Å². The van der Waals surface area contributed by atoms with Crippen molar-refractivity contribution in [1.82, 2.24) is 0 Å². The Morgan fingerprint density at radius 3 is 2.27 bits per heavy atom. The monoisotopic (exact) mass is 210 g/mol. The number of esters is 1. The van der Waals surface area contributed by atoms with Gasteiger partial charge in [-0.15, -0.1) is 0 Å². The molecule has 0 radical (unpaired) electrons. The standard InChI is InChI=1S/C10H10O5/c1-6(11)15-10(14)8-5-3-2-4-7(8)9(12)13/h2-6,11H,1H3,(H,12,13). The largest absolute Gasteiger partial charge is 0.478 e. The molecule has 0 bridgehead atoms. The minimum absolute atomic E-state index is 0.0779. The minimum Gasteiger partial charge on any atom is -0.478 e. The second-order valence-corrected chi connectivity index (χ2v) is 2.86. The molecule has 0 saturated heterocycles. The van der Waals surface area contributed by atoms with E-state index < -0.39 is 18.2 Å². The minimum atomic E-state index is -1.26. The van der Waals surface area contributed by atoms with Gasteiger partial charge in [0, 0.05) is 0 Å². The van der Waals surface area contributed by atoms with Gasteiger partial charge in [0.05, 0.1) is 11.1 Å². The molecule has 5 nitrogen and oxygen atoms in total. The van der Waals surface area contributed by atoms with E-state index in [0.717, 1.165) is 0 Å². The highest BCUT2D eigenvalue weighted by Crippen LogP contribution is 2.10. The molecule has 0 spiro atoms. The summed E-state index contributed by atoms with van der Waals surface area (Å²) in [5.41, 5.74) is -0.228. The molecule has 1 rings (SSSR count). The fourth-order valence-electron chi connectivity index (χ4n) is 1.07. The molecule has 1 atom stereocenters. The van der Waals surface area contributed by atoms with Crippen LogP contribution in [0.3, 0.4) is 0 Å². The van der Waals surface area contributed by atoms with Crippen molar-refractivity contribution in [3.63, 3.8) is 0 Å². The van der Waals surface area contributed by atoms with Crippen molar-refractivity contribution in [3.05, 3.63) is 35.4 Å². The fraction of sp³-hybridized carbons (Fsp3) is 0.200. The first-order chi connectivity index (χ1) is 7.02. The van der Waals surface area contributed by atoms with Crippen LogP contribution in [0.1, 0.15) is 27.6 Å². The lowest BCUT2D eigenvalue weighted by molar-refractivity contribution is -0.0524. The van der Waals surface area contributed by atoms with Crippen molar-refractivity contribution in [3.8, 4) is 0 Å².